The first-order valence-corrected chi connectivity index (χ1v) is 8.64. The van der Waals surface area contributed by atoms with Crippen LogP contribution >= 0.6 is 11.3 Å². The molecule has 0 aliphatic carbocycles. The molecule has 3 aromatic rings. The molecule has 0 unspecified atom stereocenters. The summed E-state index contributed by atoms with van der Waals surface area (Å²) in [6.45, 7) is 1.61. The fourth-order valence-corrected chi connectivity index (χ4v) is 4.20. The zero-order valence-electron chi connectivity index (χ0n) is 11.5. The van der Waals surface area contributed by atoms with E-state index in [-0.39, 0.29) is 9.90 Å². The number of aryl methyl sites for hydroxylation is 1. The van der Waals surface area contributed by atoms with Gasteiger partial charge in [-0.1, -0.05) is 6.07 Å². The van der Waals surface area contributed by atoms with E-state index in [4.69, 9.17) is 0 Å². The highest BCUT2D eigenvalue weighted by Gasteiger charge is 2.18. The van der Waals surface area contributed by atoms with Crippen LogP contribution in [0.5, 0.6) is 0 Å². The molecule has 2 aromatic heterocycles. The lowest BCUT2D eigenvalue weighted by atomic mass is 10.2. The van der Waals surface area contributed by atoms with E-state index in [0.717, 1.165) is 28.0 Å². The van der Waals surface area contributed by atoms with Crippen molar-refractivity contribution in [3.05, 3.63) is 54.0 Å². The fraction of sp³-hybridized carbons (Fsp3) is 0.0714. The normalized spacial score (nSPS) is 11.5. The maximum atomic E-state index is 13.5. The third-order valence-corrected chi connectivity index (χ3v) is 6.03. The molecule has 0 bridgehead atoms. The van der Waals surface area contributed by atoms with Gasteiger partial charge in [-0.2, -0.15) is 5.10 Å². The van der Waals surface area contributed by atoms with Crippen LogP contribution < -0.4 is 4.72 Å². The Hall–Kier alpha value is -2.19. The van der Waals surface area contributed by atoms with E-state index in [9.17, 15) is 12.8 Å². The molecular weight excluding hydrogens is 325 g/mol. The second-order valence-electron chi connectivity index (χ2n) is 4.66. The van der Waals surface area contributed by atoms with E-state index in [2.05, 4.69) is 14.9 Å². The Balaban J connectivity index is 1.88. The summed E-state index contributed by atoms with van der Waals surface area (Å²) in [4.78, 5) is 0.757. The summed E-state index contributed by atoms with van der Waals surface area (Å²) in [5.41, 5.74) is 1.40. The summed E-state index contributed by atoms with van der Waals surface area (Å²) in [6.07, 6.45) is 1.59. The Labute approximate surface area is 130 Å². The Kier molecular flexibility index (Phi) is 3.71. The largest absolute Gasteiger partial charge is 0.279 e. The zero-order chi connectivity index (χ0) is 15.7. The number of rotatable bonds is 4. The highest BCUT2D eigenvalue weighted by molar-refractivity contribution is 7.94. The van der Waals surface area contributed by atoms with Crippen molar-refractivity contribution in [3.8, 4) is 10.6 Å². The lowest BCUT2D eigenvalue weighted by molar-refractivity contribution is 0.603. The molecule has 3 rings (SSSR count). The molecule has 0 aliphatic heterocycles. The topological polar surface area (TPSA) is 74.8 Å². The second kappa shape index (κ2) is 5.54. The van der Waals surface area contributed by atoms with Crippen molar-refractivity contribution >= 4 is 27.0 Å². The van der Waals surface area contributed by atoms with Crippen LogP contribution in [0.3, 0.4) is 0 Å². The second-order valence-corrected chi connectivity index (χ2v) is 7.65. The highest BCUT2D eigenvalue weighted by Crippen LogP contribution is 2.30. The van der Waals surface area contributed by atoms with E-state index in [1.807, 2.05) is 0 Å². The molecule has 0 saturated heterocycles. The van der Waals surface area contributed by atoms with Gasteiger partial charge in [0.25, 0.3) is 10.0 Å². The van der Waals surface area contributed by atoms with Crippen molar-refractivity contribution in [2.75, 3.05) is 4.72 Å². The summed E-state index contributed by atoms with van der Waals surface area (Å²) in [7, 11) is -3.75. The van der Waals surface area contributed by atoms with Crippen molar-refractivity contribution in [1.82, 2.24) is 10.2 Å². The molecule has 5 nitrogen and oxygen atoms in total. The van der Waals surface area contributed by atoms with Crippen LogP contribution in [0.1, 0.15) is 5.56 Å². The van der Waals surface area contributed by atoms with Gasteiger partial charge in [-0.3, -0.25) is 9.82 Å². The number of anilines is 1. The van der Waals surface area contributed by atoms with Crippen LogP contribution in [0.4, 0.5) is 10.1 Å². The molecule has 0 saturated carbocycles. The first kappa shape index (κ1) is 14.7. The van der Waals surface area contributed by atoms with E-state index in [1.54, 1.807) is 25.3 Å². The van der Waals surface area contributed by atoms with Crippen LogP contribution in [0.25, 0.3) is 10.6 Å². The molecule has 2 heterocycles. The van der Waals surface area contributed by atoms with Gasteiger partial charge in [0.05, 0.1) is 16.3 Å². The molecule has 0 amide bonds. The summed E-state index contributed by atoms with van der Waals surface area (Å²) in [5, 5.41) is 6.61. The number of aromatic nitrogens is 2. The molecule has 0 aliphatic rings. The van der Waals surface area contributed by atoms with Crippen LogP contribution in [0.15, 0.2) is 46.8 Å². The summed E-state index contributed by atoms with van der Waals surface area (Å²) in [6, 6.07) is 9.18. The number of H-pyrrole nitrogens is 1. The van der Waals surface area contributed by atoms with Gasteiger partial charge in [0.1, 0.15) is 10.0 Å². The predicted molar refractivity (Wildman–Crippen MR) is 83.8 cm³/mol. The van der Waals surface area contributed by atoms with Crippen LogP contribution in [-0.2, 0) is 10.0 Å². The SMILES string of the molecule is Cc1ccc(NS(=O)(=O)c2ccc(-c3ccn[nH]3)s2)cc1F. The van der Waals surface area contributed by atoms with Gasteiger partial charge in [0.2, 0.25) is 0 Å². The number of hydrogen-bond acceptors (Lipinski definition) is 4. The average molecular weight is 337 g/mol. The van der Waals surface area contributed by atoms with Crippen molar-refractivity contribution in [2.45, 2.75) is 11.1 Å². The Morgan fingerprint density at radius 1 is 1.23 bits per heavy atom. The Morgan fingerprint density at radius 2 is 2.05 bits per heavy atom. The number of sulfonamides is 1. The van der Waals surface area contributed by atoms with Crippen molar-refractivity contribution < 1.29 is 12.8 Å². The van der Waals surface area contributed by atoms with Gasteiger partial charge < -0.3 is 0 Å². The lowest BCUT2D eigenvalue weighted by Gasteiger charge is -2.07. The standard InChI is InChI=1S/C14H12FN3O2S2/c1-9-2-3-10(8-11(9)15)18-22(19,20)14-5-4-13(21-14)12-6-7-16-17-12/h2-8,18H,1H3,(H,16,17). The van der Waals surface area contributed by atoms with Gasteiger partial charge in [-0.25, -0.2) is 12.8 Å². The highest BCUT2D eigenvalue weighted by atomic mass is 32.2. The maximum absolute atomic E-state index is 13.5. The number of nitrogens with one attached hydrogen (secondary N) is 2. The third-order valence-electron chi connectivity index (χ3n) is 3.04. The minimum Gasteiger partial charge on any atom is -0.279 e. The third kappa shape index (κ3) is 2.88. The maximum Gasteiger partial charge on any atom is 0.271 e. The summed E-state index contributed by atoms with van der Waals surface area (Å²) >= 11 is 1.11. The van der Waals surface area contributed by atoms with Crippen molar-refractivity contribution in [2.24, 2.45) is 0 Å². The minimum absolute atomic E-state index is 0.151. The molecule has 1 aromatic carbocycles. The lowest BCUT2D eigenvalue weighted by Crippen LogP contribution is -2.11. The summed E-state index contributed by atoms with van der Waals surface area (Å²) in [5.74, 6) is -0.454. The average Bonchev–Trinajstić information content (AvgIpc) is 3.12. The molecule has 0 fully saturated rings. The van der Waals surface area contributed by atoms with Gasteiger partial charge in [-0.15, -0.1) is 11.3 Å². The molecule has 0 atom stereocenters. The molecule has 2 N–H and O–H groups in total. The van der Waals surface area contributed by atoms with Crippen LogP contribution in [0, 0.1) is 12.7 Å². The van der Waals surface area contributed by atoms with Crippen LogP contribution in [-0.4, -0.2) is 18.6 Å². The molecule has 114 valence electrons. The first-order valence-electron chi connectivity index (χ1n) is 6.34. The summed E-state index contributed by atoms with van der Waals surface area (Å²) < 4.78 is 40.7. The van der Waals surface area contributed by atoms with Gasteiger partial charge >= 0.3 is 0 Å². The van der Waals surface area contributed by atoms with E-state index >= 15 is 0 Å². The molecular formula is C14H12FN3O2S2. The van der Waals surface area contributed by atoms with Crippen molar-refractivity contribution in [1.29, 1.82) is 0 Å². The molecule has 0 radical (unpaired) electrons. The molecule has 0 spiro atoms. The predicted octanol–water partition coefficient (Wildman–Crippen LogP) is 3.39. The smallest absolute Gasteiger partial charge is 0.271 e. The first-order chi connectivity index (χ1) is 10.5. The van der Waals surface area contributed by atoms with Gasteiger partial charge in [-0.05, 0) is 42.8 Å². The Morgan fingerprint density at radius 3 is 2.73 bits per heavy atom. The monoisotopic (exact) mass is 337 g/mol. The van der Waals surface area contributed by atoms with E-state index in [0.29, 0.717) is 5.56 Å². The Bertz CT molecular complexity index is 902. The van der Waals surface area contributed by atoms with E-state index in [1.165, 1.54) is 18.2 Å². The van der Waals surface area contributed by atoms with E-state index < -0.39 is 15.8 Å². The number of thiophene rings is 1. The van der Waals surface area contributed by atoms with Crippen molar-refractivity contribution in [3.63, 3.8) is 0 Å². The number of halogens is 1. The molecule has 22 heavy (non-hydrogen) atoms. The zero-order valence-corrected chi connectivity index (χ0v) is 13.1. The fourth-order valence-electron chi connectivity index (χ4n) is 1.86. The van der Waals surface area contributed by atoms with Gasteiger partial charge in [0, 0.05) is 6.20 Å². The molecule has 8 heteroatoms. The van der Waals surface area contributed by atoms with Crippen LogP contribution in [0.2, 0.25) is 0 Å². The number of hydrogen-bond donors (Lipinski definition) is 2. The number of aromatic amines is 1. The number of benzene rings is 1. The number of nitrogens with zero attached hydrogens (tertiary/aromatic N) is 1. The quantitative estimate of drug-likeness (QED) is 0.766. The minimum atomic E-state index is -3.75. The van der Waals surface area contributed by atoms with Gasteiger partial charge in [0.15, 0.2) is 0 Å².